The molecule has 3 heterocycles. The molecule has 1 aromatic carbocycles. The summed E-state index contributed by atoms with van der Waals surface area (Å²) in [6.45, 7) is 3.49. The van der Waals surface area contributed by atoms with Gasteiger partial charge in [0.1, 0.15) is 17.5 Å². The van der Waals surface area contributed by atoms with Crippen molar-refractivity contribution in [3.05, 3.63) is 59.0 Å². The molecule has 6 heteroatoms. The number of aliphatic hydroxyl groups excluding tert-OH is 1. The summed E-state index contributed by atoms with van der Waals surface area (Å²) < 4.78 is 5.91. The van der Waals surface area contributed by atoms with Crippen LogP contribution in [0.25, 0.3) is 10.9 Å². The SMILES string of the molecule is Cc1cc(N2CCC[C@H]2CO)c2ccc(OCc3cccnc3Cl)cc2n1. The molecule has 5 nitrogen and oxygen atoms in total. The lowest BCUT2D eigenvalue weighted by atomic mass is 10.1. The van der Waals surface area contributed by atoms with Gasteiger partial charge in [0.25, 0.3) is 0 Å². The Hall–Kier alpha value is -2.37. The van der Waals surface area contributed by atoms with Gasteiger partial charge in [0.2, 0.25) is 0 Å². The topological polar surface area (TPSA) is 58.5 Å². The van der Waals surface area contributed by atoms with Crippen LogP contribution in [0.3, 0.4) is 0 Å². The van der Waals surface area contributed by atoms with E-state index in [0.29, 0.717) is 11.8 Å². The number of aromatic nitrogens is 2. The first-order valence-corrected chi connectivity index (χ1v) is 9.54. The molecule has 2 aromatic heterocycles. The number of aliphatic hydroxyl groups is 1. The Morgan fingerprint density at radius 1 is 1.30 bits per heavy atom. The number of rotatable bonds is 5. The van der Waals surface area contributed by atoms with E-state index in [4.69, 9.17) is 16.3 Å². The molecule has 140 valence electrons. The van der Waals surface area contributed by atoms with Gasteiger partial charge in [-0.25, -0.2) is 4.98 Å². The predicted octanol–water partition coefficient (Wildman–Crippen LogP) is 4.13. The number of benzene rings is 1. The lowest BCUT2D eigenvalue weighted by Gasteiger charge is -2.27. The van der Waals surface area contributed by atoms with Gasteiger partial charge in [0.15, 0.2) is 0 Å². The highest BCUT2D eigenvalue weighted by atomic mass is 35.5. The summed E-state index contributed by atoms with van der Waals surface area (Å²) in [5, 5.41) is 11.2. The zero-order chi connectivity index (χ0) is 18.8. The Bertz CT molecular complexity index is 963. The second-order valence-electron chi connectivity index (χ2n) is 6.88. The minimum Gasteiger partial charge on any atom is -0.489 e. The molecule has 0 saturated carbocycles. The Kier molecular flexibility index (Phi) is 5.14. The summed E-state index contributed by atoms with van der Waals surface area (Å²) in [4.78, 5) is 11.1. The third-order valence-electron chi connectivity index (χ3n) is 5.02. The van der Waals surface area contributed by atoms with Gasteiger partial charge in [-0.3, -0.25) is 4.98 Å². The third-order valence-corrected chi connectivity index (χ3v) is 5.36. The van der Waals surface area contributed by atoms with E-state index in [0.717, 1.165) is 53.0 Å². The molecular formula is C21H22ClN3O2. The minimum atomic E-state index is 0.177. The van der Waals surface area contributed by atoms with Crippen molar-refractivity contribution < 1.29 is 9.84 Å². The van der Waals surface area contributed by atoms with Crippen molar-refractivity contribution in [3.63, 3.8) is 0 Å². The largest absolute Gasteiger partial charge is 0.489 e. The molecule has 0 amide bonds. The first-order chi connectivity index (χ1) is 13.2. The van der Waals surface area contributed by atoms with Gasteiger partial charge in [-0.2, -0.15) is 0 Å². The molecule has 0 spiro atoms. The fourth-order valence-corrected chi connectivity index (χ4v) is 3.85. The van der Waals surface area contributed by atoms with Gasteiger partial charge in [-0.05, 0) is 44.0 Å². The van der Waals surface area contributed by atoms with Gasteiger partial charge in [0.05, 0.1) is 18.2 Å². The van der Waals surface area contributed by atoms with Crippen LogP contribution >= 0.6 is 11.6 Å². The summed E-state index contributed by atoms with van der Waals surface area (Å²) in [6.07, 6.45) is 3.78. The van der Waals surface area contributed by atoms with E-state index >= 15 is 0 Å². The molecule has 0 aliphatic carbocycles. The molecule has 1 aliphatic rings. The van der Waals surface area contributed by atoms with Crippen molar-refractivity contribution in [3.8, 4) is 5.75 Å². The number of aryl methyl sites for hydroxylation is 1. The highest BCUT2D eigenvalue weighted by molar-refractivity contribution is 6.30. The van der Waals surface area contributed by atoms with Crippen LogP contribution in [0, 0.1) is 6.92 Å². The number of ether oxygens (including phenoxy) is 1. The van der Waals surface area contributed by atoms with Crippen molar-refractivity contribution in [2.45, 2.75) is 32.4 Å². The smallest absolute Gasteiger partial charge is 0.135 e. The number of pyridine rings is 2. The first kappa shape index (κ1) is 18.0. The third kappa shape index (κ3) is 3.70. The normalized spacial score (nSPS) is 16.9. The molecule has 3 aromatic rings. The lowest BCUT2D eigenvalue weighted by Crippen LogP contribution is -2.32. The zero-order valence-corrected chi connectivity index (χ0v) is 16.0. The molecule has 1 saturated heterocycles. The van der Waals surface area contributed by atoms with Crippen molar-refractivity contribution >= 4 is 28.2 Å². The number of fused-ring (bicyclic) bond motifs is 1. The maximum absolute atomic E-state index is 9.69. The van der Waals surface area contributed by atoms with E-state index in [1.165, 1.54) is 0 Å². The Labute approximate surface area is 163 Å². The van der Waals surface area contributed by atoms with E-state index in [-0.39, 0.29) is 12.6 Å². The summed E-state index contributed by atoms with van der Waals surface area (Å²) >= 11 is 6.10. The molecule has 4 rings (SSSR count). The van der Waals surface area contributed by atoms with E-state index in [2.05, 4.69) is 20.9 Å². The highest BCUT2D eigenvalue weighted by Gasteiger charge is 2.25. The summed E-state index contributed by atoms with van der Waals surface area (Å²) in [5.74, 6) is 0.742. The summed E-state index contributed by atoms with van der Waals surface area (Å²) in [5.41, 5.74) is 3.83. The van der Waals surface area contributed by atoms with Gasteiger partial charge < -0.3 is 14.7 Å². The van der Waals surface area contributed by atoms with Gasteiger partial charge >= 0.3 is 0 Å². The van der Waals surface area contributed by atoms with Crippen LogP contribution in [-0.2, 0) is 6.61 Å². The van der Waals surface area contributed by atoms with E-state index < -0.39 is 0 Å². The average molecular weight is 384 g/mol. The second-order valence-corrected chi connectivity index (χ2v) is 7.23. The van der Waals surface area contributed by atoms with E-state index in [1.54, 1.807) is 6.20 Å². The van der Waals surface area contributed by atoms with Crippen LogP contribution in [0.5, 0.6) is 5.75 Å². The van der Waals surface area contributed by atoms with Crippen LogP contribution in [-0.4, -0.2) is 34.3 Å². The number of anilines is 1. The van der Waals surface area contributed by atoms with Gasteiger partial charge in [-0.15, -0.1) is 0 Å². The van der Waals surface area contributed by atoms with Gasteiger partial charge in [0, 0.05) is 41.1 Å². The fraction of sp³-hybridized carbons (Fsp3) is 0.333. The number of halogens is 1. The molecule has 0 unspecified atom stereocenters. The molecule has 1 N–H and O–H groups in total. The maximum atomic E-state index is 9.69. The Balaban J connectivity index is 1.64. The van der Waals surface area contributed by atoms with Crippen LogP contribution in [0.4, 0.5) is 5.69 Å². The molecule has 1 aliphatic heterocycles. The first-order valence-electron chi connectivity index (χ1n) is 9.17. The molecular weight excluding hydrogens is 362 g/mol. The zero-order valence-electron chi connectivity index (χ0n) is 15.2. The van der Waals surface area contributed by atoms with Crippen LogP contribution < -0.4 is 9.64 Å². The Morgan fingerprint density at radius 3 is 3.00 bits per heavy atom. The maximum Gasteiger partial charge on any atom is 0.135 e. The van der Waals surface area contributed by atoms with Crippen molar-refractivity contribution in [1.29, 1.82) is 0 Å². The van der Waals surface area contributed by atoms with Crippen LogP contribution in [0.1, 0.15) is 24.1 Å². The minimum absolute atomic E-state index is 0.177. The molecule has 1 atom stereocenters. The number of nitrogens with zero attached hydrogens (tertiary/aromatic N) is 3. The van der Waals surface area contributed by atoms with Crippen LogP contribution in [0.15, 0.2) is 42.6 Å². The predicted molar refractivity (Wildman–Crippen MR) is 108 cm³/mol. The lowest BCUT2D eigenvalue weighted by molar-refractivity contribution is 0.266. The molecule has 27 heavy (non-hydrogen) atoms. The Morgan fingerprint density at radius 2 is 2.19 bits per heavy atom. The van der Waals surface area contributed by atoms with Crippen molar-refractivity contribution in [2.24, 2.45) is 0 Å². The number of hydrogen-bond donors (Lipinski definition) is 1. The van der Waals surface area contributed by atoms with Crippen LogP contribution in [0.2, 0.25) is 5.15 Å². The average Bonchev–Trinajstić information content (AvgIpc) is 3.15. The molecule has 0 radical (unpaired) electrons. The van der Waals surface area contributed by atoms with Crippen molar-refractivity contribution in [2.75, 3.05) is 18.1 Å². The number of hydrogen-bond acceptors (Lipinski definition) is 5. The molecule has 1 fully saturated rings. The highest BCUT2D eigenvalue weighted by Crippen LogP contribution is 2.34. The molecule has 0 bridgehead atoms. The summed E-state index contributed by atoms with van der Waals surface area (Å²) in [6, 6.07) is 12.0. The quantitative estimate of drug-likeness (QED) is 0.671. The van der Waals surface area contributed by atoms with Gasteiger partial charge in [-0.1, -0.05) is 17.7 Å². The summed E-state index contributed by atoms with van der Waals surface area (Å²) in [7, 11) is 0. The van der Waals surface area contributed by atoms with E-state index in [9.17, 15) is 5.11 Å². The fourth-order valence-electron chi connectivity index (χ4n) is 3.68. The second kappa shape index (κ2) is 7.71. The van der Waals surface area contributed by atoms with Crippen molar-refractivity contribution in [1.82, 2.24) is 9.97 Å². The monoisotopic (exact) mass is 383 g/mol. The standard InChI is InChI=1S/C21H22ClN3O2/c1-14-10-20(25-9-3-5-16(25)12-26)18-7-6-17(11-19(18)24-14)27-13-15-4-2-8-23-21(15)22/h2,4,6-8,10-11,16,26H,3,5,9,12-13H2,1H3/t16-/m0/s1. The van der Waals surface area contributed by atoms with E-state index in [1.807, 2.05) is 37.3 Å².